The van der Waals surface area contributed by atoms with E-state index in [4.69, 9.17) is 4.84 Å². The van der Waals surface area contributed by atoms with E-state index in [1.54, 1.807) is 0 Å². The third-order valence-electron chi connectivity index (χ3n) is 3.40. The van der Waals surface area contributed by atoms with Gasteiger partial charge in [0, 0.05) is 12.6 Å². The zero-order chi connectivity index (χ0) is 18.7. The molecule has 2 aromatic carbocycles. The van der Waals surface area contributed by atoms with E-state index >= 15 is 0 Å². The van der Waals surface area contributed by atoms with Gasteiger partial charge < -0.3 is 0 Å². The molecule has 0 radical (unpaired) electrons. The van der Waals surface area contributed by atoms with E-state index in [9.17, 15) is 26.7 Å². The summed E-state index contributed by atoms with van der Waals surface area (Å²) in [6, 6.07) is 5.74. The monoisotopic (exact) mass is 357 g/mol. The normalized spacial score (nSPS) is 11.2. The van der Waals surface area contributed by atoms with E-state index in [0.717, 1.165) is 17.2 Å². The summed E-state index contributed by atoms with van der Waals surface area (Å²) in [7, 11) is 2.73. The molecule has 2 rings (SSSR count). The number of nitrogens with zero attached hydrogens (tertiary/aromatic N) is 1. The molecular formula is C17H12F5NO2. The Hall–Kier alpha value is -2.74. The van der Waals surface area contributed by atoms with E-state index in [2.05, 4.69) is 0 Å². The zero-order valence-electron chi connectivity index (χ0n) is 13.1. The maximum Gasteiger partial charge on any atom is 0.277 e. The van der Waals surface area contributed by atoms with Gasteiger partial charge in [0.25, 0.3) is 5.91 Å². The molecule has 3 nitrogen and oxygen atoms in total. The fourth-order valence-electron chi connectivity index (χ4n) is 1.95. The van der Waals surface area contributed by atoms with Crippen LogP contribution in [0.4, 0.5) is 22.0 Å². The predicted octanol–water partition coefficient (Wildman–Crippen LogP) is 4.19. The number of hydrogen-bond acceptors (Lipinski definition) is 2. The molecule has 0 fully saturated rings. The standard InChI is InChI=1S/C17H12F5NO2/c1-23(25-2)17(24)10-6-3-9(4-7-10)5-8-11-12(18)14(20)16(22)15(21)13(11)19/h3-8H,1-2H3/b8-5-. The van der Waals surface area contributed by atoms with E-state index in [-0.39, 0.29) is 5.56 Å². The first-order valence-electron chi connectivity index (χ1n) is 6.89. The molecule has 0 aliphatic heterocycles. The Morgan fingerprint density at radius 3 is 1.84 bits per heavy atom. The third-order valence-corrected chi connectivity index (χ3v) is 3.40. The molecule has 8 heteroatoms. The Kier molecular flexibility index (Phi) is 5.53. The molecule has 0 aliphatic carbocycles. The second kappa shape index (κ2) is 7.43. The van der Waals surface area contributed by atoms with Crippen LogP contribution in [0.5, 0.6) is 0 Å². The van der Waals surface area contributed by atoms with Gasteiger partial charge in [0.2, 0.25) is 5.82 Å². The maximum absolute atomic E-state index is 13.6. The lowest BCUT2D eigenvalue weighted by Gasteiger charge is -2.13. The molecule has 0 spiro atoms. The largest absolute Gasteiger partial charge is 0.277 e. The van der Waals surface area contributed by atoms with Crippen molar-refractivity contribution in [3.05, 3.63) is 70.0 Å². The van der Waals surface area contributed by atoms with Crippen LogP contribution in [0.15, 0.2) is 24.3 Å². The van der Waals surface area contributed by atoms with Crippen molar-refractivity contribution < 1.29 is 31.6 Å². The molecule has 0 atom stereocenters. The number of hydroxylamine groups is 2. The van der Waals surface area contributed by atoms with Crippen LogP contribution in [-0.4, -0.2) is 25.1 Å². The van der Waals surface area contributed by atoms with E-state index in [0.29, 0.717) is 5.56 Å². The Labute approximate surface area is 139 Å². The Bertz CT molecular complexity index is 805. The highest BCUT2D eigenvalue weighted by Crippen LogP contribution is 2.24. The summed E-state index contributed by atoms with van der Waals surface area (Å²) in [6.07, 6.45) is 1.93. The van der Waals surface area contributed by atoms with Crippen molar-refractivity contribution in [2.24, 2.45) is 0 Å². The minimum absolute atomic E-state index is 0.290. The fourth-order valence-corrected chi connectivity index (χ4v) is 1.95. The number of hydrogen-bond donors (Lipinski definition) is 0. The molecule has 0 saturated heterocycles. The molecule has 0 N–H and O–H groups in total. The average molecular weight is 357 g/mol. The third kappa shape index (κ3) is 3.69. The van der Waals surface area contributed by atoms with Gasteiger partial charge >= 0.3 is 0 Å². The molecule has 0 heterocycles. The first-order valence-corrected chi connectivity index (χ1v) is 6.89. The number of halogens is 5. The topological polar surface area (TPSA) is 29.5 Å². The summed E-state index contributed by atoms with van der Waals surface area (Å²) >= 11 is 0. The van der Waals surface area contributed by atoms with Crippen molar-refractivity contribution in [3.8, 4) is 0 Å². The first-order chi connectivity index (χ1) is 11.8. The molecule has 0 aromatic heterocycles. The highest BCUT2D eigenvalue weighted by atomic mass is 19.2. The van der Waals surface area contributed by atoms with Gasteiger partial charge in [-0.3, -0.25) is 9.63 Å². The van der Waals surface area contributed by atoms with Crippen LogP contribution in [-0.2, 0) is 4.84 Å². The van der Waals surface area contributed by atoms with Crippen molar-refractivity contribution in [1.82, 2.24) is 5.06 Å². The van der Waals surface area contributed by atoms with Crippen LogP contribution in [0.1, 0.15) is 21.5 Å². The van der Waals surface area contributed by atoms with Crippen molar-refractivity contribution in [2.45, 2.75) is 0 Å². The second-order valence-corrected chi connectivity index (χ2v) is 4.92. The molecule has 0 aliphatic rings. The van der Waals surface area contributed by atoms with Gasteiger partial charge in [-0.05, 0) is 23.8 Å². The molecule has 132 valence electrons. The number of amides is 1. The van der Waals surface area contributed by atoms with Crippen LogP contribution in [0.25, 0.3) is 12.2 Å². The van der Waals surface area contributed by atoms with Crippen molar-refractivity contribution in [1.29, 1.82) is 0 Å². The van der Waals surface area contributed by atoms with Crippen molar-refractivity contribution in [3.63, 3.8) is 0 Å². The smallest absolute Gasteiger partial charge is 0.274 e. The number of benzene rings is 2. The van der Waals surface area contributed by atoms with E-state index in [1.165, 1.54) is 38.4 Å². The quantitative estimate of drug-likeness (QED) is 0.270. The highest BCUT2D eigenvalue weighted by Gasteiger charge is 2.24. The van der Waals surface area contributed by atoms with Crippen LogP contribution >= 0.6 is 0 Å². The van der Waals surface area contributed by atoms with E-state index < -0.39 is 40.6 Å². The van der Waals surface area contributed by atoms with Gasteiger partial charge in [-0.25, -0.2) is 27.0 Å². The summed E-state index contributed by atoms with van der Waals surface area (Å²) in [5.41, 5.74) is -0.367. The Balaban J connectivity index is 2.31. The SMILES string of the molecule is CON(C)C(=O)c1ccc(/C=C\c2c(F)c(F)c(F)c(F)c2F)cc1. The van der Waals surface area contributed by atoms with Crippen LogP contribution in [0.3, 0.4) is 0 Å². The minimum Gasteiger partial charge on any atom is -0.274 e. The van der Waals surface area contributed by atoms with Gasteiger partial charge in [0.15, 0.2) is 23.3 Å². The second-order valence-electron chi connectivity index (χ2n) is 4.92. The summed E-state index contributed by atoms with van der Waals surface area (Å²) in [4.78, 5) is 16.6. The molecule has 25 heavy (non-hydrogen) atoms. The molecule has 0 bridgehead atoms. The van der Waals surface area contributed by atoms with Gasteiger partial charge in [-0.1, -0.05) is 18.2 Å². The highest BCUT2D eigenvalue weighted by molar-refractivity contribution is 5.93. The van der Waals surface area contributed by atoms with E-state index in [1.807, 2.05) is 0 Å². The maximum atomic E-state index is 13.6. The summed E-state index contributed by atoms with van der Waals surface area (Å²) < 4.78 is 66.4. The molecular weight excluding hydrogens is 345 g/mol. The molecule has 2 aromatic rings. The van der Waals surface area contributed by atoms with Crippen molar-refractivity contribution in [2.75, 3.05) is 14.2 Å². The zero-order valence-corrected chi connectivity index (χ0v) is 13.1. The number of rotatable bonds is 4. The minimum atomic E-state index is -2.21. The van der Waals surface area contributed by atoms with Gasteiger partial charge in [-0.15, -0.1) is 0 Å². The van der Waals surface area contributed by atoms with Crippen LogP contribution in [0, 0.1) is 29.1 Å². The first kappa shape index (κ1) is 18.6. The van der Waals surface area contributed by atoms with Crippen LogP contribution < -0.4 is 0 Å². The summed E-state index contributed by atoms with van der Waals surface area (Å²) in [6.45, 7) is 0. The number of carbonyl (C=O) groups is 1. The molecule has 1 amide bonds. The average Bonchev–Trinajstić information content (AvgIpc) is 2.64. The number of carbonyl (C=O) groups excluding carboxylic acids is 1. The molecule has 0 saturated carbocycles. The Morgan fingerprint density at radius 1 is 0.880 bits per heavy atom. The van der Waals surface area contributed by atoms with Crippen LogP contribution in [0.2, 0.25) is 0 Å². The van der Waals surface area contributed by atoms with Gasteiger partial charge in [-0.2, -0.15) is 0 Å². The van der Waals surface area contributed by atoms with Crippen molar-refractivity contribution >= 4 is 18.1 Å². The molecule has 0 unspecified atom stereocenters. The summed E-state index contributed by atoms with van der Waals surface area (Å²) in [5.74, 6) is -10.5. The lowest BCUT2D eigenvalue weighted by molar-refractivity contribution is -0.0756. The van der Waals surface area contributed by atoms with Gasteiger partial charge in [0.1, 0.15) is 0 Å². The predicted molar refractivity (Wildman–Crippen MR) is 80.7 cm³/mol. The summed E-state index contributed by atoms with van der Waals surface area (Å²) in [5, 5.41) is 1.000. The fraction of sp³-hybridized carbons (Fsp3) is 0.118. The lowest BCUT2D eigenvalue weighted by atomic mass is 10.1. The van der Waals surface area contributed by atoms with Gasteiger partial charge in [0.05, 0.1) is 12.7 Å². The lowest BCUT2D eigenvalue weighted by Crippen LogP contribution is -2.25. The Morgan fingerprint density at radius 2 is 1.36 bits per heavy atom.